The zero-order valence-corrected chi connectivity index (χ0v) is 13.7. The molecule has 0 aliphatic heterocycles. The third-order valence-electron chi connectivity index (χ3n) is 3.08. The standard InChI is InChI=1S/C16H23NO5/c1-10(17-15(19)7-11(2)18)6-12-8-13(20-3)16(22-5)14(9-12)21-4/h8-10H,6-7H2,1-5H3,(H,17,19). The Hall–Kier alpha value is -2.24. The van der Waals surface area contributed by atoms with E-state index in [2.05, 4.69) is 5.32 Å². The lowest BCUT2D eigenvalue weighted by molar-refractivity contribution is -0.127. The SMILES string of the molecule is COc1cc(CC(C)NC(=O)CC(C)=O)cc(OC)c1OC. The van der Waals surface area contributed by atoms with Crippen LogP contribution in [-0.2, 0) is 16.0 Å². The summed E-state index contributed by atoms with van der Waals surface area (Å²) in [4.78, 5) is 22.5. The second-order valence-electron chi connectivity index (χ2n) is 5.09. The number of hydrogen-bond acceptors (Lipinski definition) is 5. The summed E-state index contributed by atoms with van der Waals surface area (Å²) in [5, 5.41) is 2.79. The molecule has 1 unspecified atom stereocenters. The van der Waals surface area contributed by atoms with Gasteiger partial charge in [-0.05, 0) is 38.0 Å². The number of ether oxygens (including phenoxy) is 3. The number of benzene rings is 1. The largest absolute Gasteiger partial charge is 0.493 e. The van der Waals surface area contributed by atoms with E-state index in [4.69, 9.17) is 14.2 Å². The van der Waals surface area contributed by atoms with Crippen molar-refractivity contribution < 1.29 is 23.8 Å². The van der Waals surface area contributed by atoms with Crippen LogP contribution in [0.5, 0.6) is 17.2 Å². The predicted octanol–water partition coefficient (Wildman–Crippen LogP) is 1.74. The van der Waals surface area contributed by atoms with Crippen LogP contribution < -0.4 is 19.5 Å². The molecule has 0 aromatic heterocycles. The average Bonchev–Trinajstić information content (AvgIpc) is 2.44. The highest BCUT2D eigenvalue weighted by Crippen LogP contribution is 2.38. The van der Waals surface area contributed by atoms with Gasteiger partial charge in [-0.15, -0.1) is 0 Å². The summed E-state index contributed by atoms with van der Waals surface area (Å²) in [6, 6.07) is 3.57. The topological polar surface area (TPSA) is 73.9 Å². The molecule has 0 fully saturated rings. The monoisotopic (exact) mass is 309 g/mol. The number of nitrogens with one attached hydrogen (secondary N) is 1. The lowest BCUT2D eigenvalue weighted by atomic mass is 10.1. The van der Waals surface area contributed by atoms with Crippen molar-refractivity contribution >= 4 is 11.7 Å². The van der Waals surface area contributed by atoms with Crippen molar-refractivity contribution in [2.24, 2.45) is 0 Å². The molecule has 6 heteroatoms. The minimum absolute atomic E-state index is 0.0976. The first-order valence-corrected chi connectivity index (χ1v) is 6.99. The number of hydrogen-bond donors (Lipinski definition) is 1. The Balaban J connectivity index is 2.84. The van der Waals surface area contributed by atoms with Crippen LogP contribution in [0.25, 0.3) is 0 Å². The Morgan fingerprint density at radius 2 is 1.64 bits per heavy atom. The van der Waals surface area contributed by atoms with Crippen LogP contribution >= 0.6 is 0 Å². The number of amides is 1. The normalized spacial score (nSPS) is 11.5. The molecule has 1 aromatic carbocycles. The van der Waals surface area contributed by atoms with Crippen LogP contribution in [0.4, 0.5) is 0 Å². The van der Waals surface area contributed by atoms with E-state index in [9.17, 15) is 9.59 Å². The molecule has 22 heavy (non-hydrogen) atoms. The lowest BCUT2D eigenvalue weighted by Crippen LogP contribution is -2.34. The molecule has 0 saturated heterocycles. The van der Waals surface area contributed by atoms with Gasteiger partial charge < -0.3 is 19.5 Å². The molecule has 1 N–H and O–H groups in total. The Labute approximate surface area is 130 Å². The van der Waals surface area contributed by atoms with Crippen molar-refractivity contribution in [1.82, 2.24) is 5.32 Å². The van der Waals surface area contributed by atoms with Gasteiger partial charge in [0.25, 0.3) is 0 Å². The first kappa shape index (κ1) is 17.8. The minimum atomic E-state index is -0.271. The van der Waals surface area contributed by atoms with E-state index >= 15 is 0 Å². The molecule has 1 aromatic rings. The molecule has 122 valence electrons. The fourth-order valence-electron chi connectivity index (χ4n) is 2.21. The summed E-state index contributed by atoms with van der Waals surface area (Å²) in [5.74, 6) is 1.24. The van der Waals surface area contributed by atoms with Gasteiger partial charge in [-0.1, -0.05) is 0 Å². The molecule has 0 bridgehead atoms. The van der Waals surface area contributed by atoms with Crippen molar-refractivity contribution in [3.8, 4) is 17.2 Å². The van der Waals surface area contributed by atoms with Gasteiger partial charge in [-0.2, -0.15) is 0 Å². The van der Waals surface area contributed by atoms with Gasteiger partial charge in [-0.25, -0.2) is 0 Å². The third kappa shape index (κ3) is 4.95. The molecule has 0 aliphatic rings. The molecule has 1 atom stereocenters. The average molecular weight is 309 g/mol. The Kier molecular flexibility index (Phi) is 6.69. The van der Waals surface area contributed by atoms with Gasteiger partial charge in [-0.3, -0.25) is 9.59 Å². The zero-order valence-electron chi connectivity index (χ0n) is 13.7. The molecule has 0 radical (unpaired) electrons. The summed E-state index contributed by atoms with van der Waals surface area (Å²) in [5.41, 5.74) is 0.935. The van der Waals surface area contributed by atoms with Gasteiger partial charge in [0.15, 0.2) is 11.5 Å². The fraction of sp³-hybridized carbons (Fsp3) is 0.500. The number of ketones is 1. The maximum absolute atomic E-state index is 11.6. The van der Waals surface area contributed by atoms with E-state index in [1.807, 2.05) is 19.1 Å². The number of methoxy groups -OCH3 is 3. The molecule has 0 spiro atoms. The van der Waals surface area contributed by atoms with Crippen molar-refractivity contribution in [2.45, 2.75) is 32.7 Å². The second-order valence-corrected chi connectivity index (χ2v) is 5.09. The molecule has 6 nitrogen and oxygen atoms in total. The lowest BCUT2D eigenvalue weighted by Gasteiger charge is -2.17. The Morgan fingerprint density at radius 1 is 1.09 bits per heavy atom. The van der Waals surface area contributed by atoms with Crippen LogP contribution in [0.15, 0.2) is 12.1 Å². The van der Waals surface area contributed by atoms with E-state index in [0.717, 1.165) is 5.56 Å². The molecule has 1 amide bonds. The first-order valence-electron chi connectivity index (χ1n) is 6.99. The summed E-state index contributed by atoms with van der Waals surface area (Å²) >= 11 is 0. The van der Waals surface area contributed by atoms with Crippen LogP contribution in [-0.4, -0.2) is 39.1 Å². The van der Waals surface area contributed by atoms with Crippen LogP contribution in [0.2, 0.25) is 0 Å². The smallest absolute Gasteiger partial charge is 0.227 e. The molecule has 0 aliphatic carbocycles. The van der Waals surface area contributed by atoms with Crippen LogP contribution in [0, 0.1) is 0 Å². The van der Waals surface area contributed by atoms with Crippen molar-refractivity contribution in [3.05, 3.63) is 17.7 Å². The van der Waals surface area contributed by atoms with E-state index < -0.39 is 0 Å². The molecular formula is C16H23NO5. The number of carbonyl (C=O) groups excluding carboxylic acids is 2. The quantitative estimate of drug-likeness (QED) is 0.740. The van der Waals surface area contributed by atoms with Gasteiger partial charge >= 0.3 is 0 Å². The summed E-state index contributed by atoms with van der Waals surface area (Å²) in [6.45, 7) is 3.27. The van der Waals surface area contributed by atoms with E-state index in [-0.39, 0.29) is 24.2 Å². The predicted molar refractivity (Wildman–Crippen MR) is 82.7 cm³/mol. The Morgan fingerprint density at radius 3 is 2.05 bits per heavy atom. The number of carbonyl (C=O) groups is 2. The van der Waals surface area contributed by atoms with Crippen LogP contribution in [0.3, 0.4) is 0 Å². The molecule has 0 heterocycles. The first-order chi connectivity index (χ1) is 10.4. The van der Waals surface area contributed by atoms with Gasteiger partial charge in [0.2, 0.25) is 11.7 Å². The molecule has 1 rings (SSSR count). The van der Waals surface area contributed by atoms with Gasteiger partial charge in [0, 0.05) is 6.04 Å². The fourth-order valence-corrected chi connectivity index (χ4v) is 2.21. The maximum atomic E-state index is 11.6. The Bertz CT molecular complexity index is 516. The van der Waals surface area contributed by atoms with Crippen LogP contribution in [0.1, 0.15) is 25.8 Å². The van der Waals surface area contributed by atoms with E-state index in [0.29, 0.717) is 23.7 Å². The zero-order chi connectivity index (χ0) is 16.7. The maximum Gasteiger partial charge on any atom is 0.227 e. The summed E-state index contributed by atoms with van der Waals surface area (Å²) in [6.07, 6.45) is 0.486. The third-order valence-corrected chi connectivity index (χ3v) is 3.08. The highest BCUT2D eigenvalue weighted by Gasteiger charge is 2.15. The van der Waals surface area contributed by atoms with Gasteiger partial charge in [0.05, 0.1) is 27.8 Å². The summed E-state index contributed by atoms with van der Waals surface area (Å²) < 4.78 is 15.9. The van der Waals surface area contributed by atoms with Crippen molar-refractivity contribution in [2.75, 3.05) is 21.3 Å². The highest BCUT2D eigenvalue weighted by molar-refractivity contribution is 5.96. The highest BCUT2D eigenvalue weighted by atomic mass is 16.5. The van der Waals surface area contributed by atoms with Crippen molar-refractivity contribution in [3.63, 3.8) is 0 Å². The van der Waals surface area contributed by atoms with E-state index in [1.54, 1.807) is 21.3 Å². The van der Waals surface area contributed by atoms with Gasteiger partial charge in [0.1, 0.15) is 5.78 Å². The van der Waals surface area contributed by atoms with E-state index in [1.165, 1.54) is 6.92 Å². The number of rotatable bonds is 8. The molecule has 0 saturated carbocycles. The van der Waals surface area contributed by atoms with Crippen molar-refractivity contribution in [1.29, 1.82) is 0 Å². The number of Topliss-reactive ketones (excluding diaryl/α,β-unsaturated/α-hetero) is 1. The summed E-state index contributed by atoms with van der Waals surface area (Å²) in [7, 11) is 4.66. The minimum Gasteiger partial charge on any atom is -0.493 e. The second kappa shape index (κ2) is 8.26. The molecular weight excluding hydrogens is 286 g/mol.